The second-order valence-corrected chi connectivity index (χ2v) is 2.19. The van der Waals surface area contributed by atoms with E-state index in [9.17, 15) is 0 Å². The molecule has 0 aromatic carbocycles. The minimum absolute atomic E-state index is 1.05. The van der Waals surface area contributed by atoms with Crippen LogP contribution in [-0.4, -0.2) is 4.98 Å². The largest absolute Gasteiger partial charge is 0.472 e. The molecule has 0 saturated heterocycles. The van der Waals surface area contributed by atoms with E-state index < -0.39 is 0 Å². The third kappa shape index (κ3) is 1.15. The highest BCUT2D eigenvalue weighted by Gasteiger charge is 1.95. The fourth-order valence-electron chi connectivity index (χ4n) is 0.919. The van der Waals surface area contributed by atoms with E-state index in [2.05, 4.69) is 11.2 Å². The Morgan fingerprint density at radius 2 is 2.27 bits per heavy atom. The van der Waals surface area contributed by atoms with Gasteiger partial charge in [-0.25, -0.2) is 0 Å². The monoisotopic (exact) mass is 144 g/mol. The van der Waals surface area contributed by atoms with Crippen LogP contribution in [0.3, 0.4) is 0 Å². The molecule has 2 nitrogen and oxygen atoms in total. The Bertz CT molecular complexity index is 313. The second-order valence-electron chi connectivity index (χ2n) is 2.19. The van der Waals surface area contributed by atoms with E-state index in [0.717, 1.165) is 11.1 Å². The van der Waals surface area contributed by atoms with Gasteiger partial charge in [0, 0.05) is 17.3 Å². The third-order valence-corrected chi connectivity index (χ3v) is 1.47. The Morgan fingerprint density at radius 3 is 2.91 bits per heavy atom. The number of hydrogen-bond acceptors (Lipinski definition) is 2. The van der Waals surface area contributed by atoms with Crippen LogP contribution >= 0.6 is 0 Å². The standard InChI is InChI=1S/C9H6NO/c1-2-8(6-10-4-1)9-3-5-11-7-9/h1-3,5-7H. The summed E-state index contributed by atoms with van der Waals surface area (Å²) in [5.41, 5.74) is 2.10. The first-order chi connectivity index (χ1) is 5.47. The predicted octanol–water partition coefficient (Wildman–Crippen LogP) is 2.14. The maximum Gasteiger partial charge on any atom is 0.0981 e. The lowest BCUT2D eigenvalue weighted by molar-refractivity contribution is 0.568. The van der Waals surface area contributed by atoms with Crippen molar-refractivity contribution in [3.63, 3.8) is 0 Å². The molecule has 11 heavy (non-hydrogen) atoms. The molecule has 2 heterocycles. The Hall–Kier alpha value is -1.57. The Balaban J connectivity index is 2.46. The van der Waals surface area contributed by atoms with Gasteiger partial charge in [0.2, 0.25) is 0 Å². The molecule has 0 amide bonds. The molecule has 0 N–H and O–H groups in total. The van der Waals surface area contributed by atoms with Gasteiger partial charge in [0.05, 0.1) is 18.7 Å². The van der Waals surface area contributed by atoms with E-state index in [0.29, 0.717) is 0 Å². The van der Waals surface area contributed by atoms with Crippen molar-refractivity contribution >= 4 is 0 Å². The normalized spacial score (nSPS) is 9.82. The predicted molar refractivity (Wildman–Crippen MR) is 40.8 cm³/mol. The van der Waals surface area contributed by atoms with Gasteiger partial charge in [0.1, 0.15) is 0 Å². The van der Waals surface area contributed by atoms with Gasteiger partial charge < -0.3 is 4.42 Å². The van der Waals surface area contributed by atoms with Crippen molar-refractivity contribution in [1.82, 2.24) is 4.98 Å². The third-order valence-electron chi connectivity index (χ3n) is 1.47. The Kier molecular flexibility index (Phi) is 1.44. The quantitative estimate of drug-likeness (QED) is 0.612. The van der Waals surface area contributed by atoms with Crippen LogP contribution in [0.2, 0.25) is 0 Å². The SMILES string of the molecule is [c]1ccc(-c2ccoc2)cn1. The molecule has 0 spiro atoms. The molecule has 2 aromatic heterocycles. The van der Waals surface area contributed by atoms with Crippen molar-refractivity contribution in [2.75, 3.05) is 0 Å². The van der Waals surface area contributed by atoms with Crippen LogP contribution in [0, 0.1) is 6.20 Å². The number of pyridine rings is 1. The van der Waals surface area contributed by atoms with E-state index in [1.54, 1.807) is 24.8 Å². The van der Waals surface area contributed by atoms with Crippen LogP contribution in [-0.2, 0) is 0 Å². The molecule has 0 unspecified atom stereocenters. The number of hydrogen-bond donors (Lipinski definition) is 0. The van der Waals surface area contributed by atoms with Gasteiger partial charge in [0.15, 0.2) is 0 Å². The smallest absolute Gasteiger partial charge is 0.0981 e. The van der Waals surface area contributed by atoms with Crippen molar-refractivity contribution in [2.24, 2.45) is 0 Å². The van der Waals surface area contributed by atoms with Crippen molar-refractivity contribution in [3.8, 4) is 11.1 Å². The lowest BCUT2D eigenvalue weighted by Crippen LogP contribution is -1.74. The number of aromatic nitrogens is 1. The second kappa shape index (κ2) is 2.58. The van der Waals surface area contributed by atoms with Crippen molar-refractivity contribution in [3.05, 3.63) is 43.1 Å². The maximum absolute atomic E-state index is 4.93. The minimum Gasteiger partial charge on any atom is -0.472 e. The highest BCUT2D eigenvalue weighted by atomic mass is 16.3. The molecule has 0 aliphatic heterocycles. The summed E-state index contributed by atoms with van der Waals surface area (Å²) in [6.45, 7) is 0. The summed E-state index contributed by atoms with van der Waals surface area (Å²) < 4.78 is 4.93. The molecule has 0 saturated carbocycles. The lowest BCUT2D eigenvalue weighted by atomic mass is 10.2. The van der Waals surface area contributed by atoms with Gasteiger partial charge in [-0.1, -0.05) is 6.07 Å². The summed E-state index contributed by atoms with van der Waals surface area (Å²) in [4.78, 5) is 3.87. The molecule has 53 valence electrons. The van der Waals surface area contributed by atoms with Gasteiger partial charge in [-0.3, -0.25) is 4.98 Å². The van der Waals surface area contributed by atoms with Crippen molar-refractivity contribution < 1.29 is 4.42 Å². The first kappa shape index (κ1) is 6.16. The van der Waals surface area contributed by atoms with E-state index in [-0.39, 0.29) is 0 Å². The Labute approximate surface area is 64.5 Å². The summed E-state index contributed by atoms with van der Waals surface area (Å²) in [6, 6.07) is 5.62. The van der Waals surface area contributed by atoms with Crippen LogP contribution in [0.15, 0.2) is 41.3 Å². The highest BCUT2D eigenvalue weighted by Crippen LogP contribution is 2.16. The van der Waals surface area contributed by atoms with E-state index in [1.165, 1.54) is 0 Å². The first-order valence-electron chi connectivity index (χ1n) is 3.31. The van der Waals surface area contributed by atoms with Crippen LogP contribution < -0.4 is 0 Å². The number of nitrogens with zero attached hydrogens (tertiary/aromatic N) is 1. The number of rotatable bonds is 1. The lowest BCUT2D eigenvalue weighted by Gasteiger charge is -1.91. The van der Waals surface area contributed by atoms with Crippen LogP contribution in [0.1, 0.15) is 0 Å². The van der Waals surface area contributed by atoms with Crippen molar-refractivity contribution in [2.45, 2.75) is 0 Å². The topological polar surface area (TPSA) is 26.0 Å². The summed E-state index contributed by atoms with van der Waals surface area (Å²) in [7, 11) is 0. The molecule has 2 heteroatoms. The zero-order valence-electron chi connectivity index (χ0n) is 5.82. The van der Waals surface area contributed by atoms with E-state index in [4.69, 9.17) is 4.42 Å². The first-order valence-corrected chi connectivity index (χ1v) is 3.31. The summed E-state index contributed by atoms with van der Waals surface area (Å²) >= 11 is 0. The molecule has 0 aliphatic rings. The van der Waals surface area contributed by atoms with Crippen LogP contribution in [0.5, 0.6) is 0 Å². The van der Waals surface area contributed by atoms with E-state index in [1.807, 2.05) is 12.1 Å². The highest BCUT2D eigenvalue weighted by molar-refractivity contribution is 5.60. The molecule has 2 aromatic rings. The van der Waals surface area contributed by atoms with Gasteiger partial charge in [-0.05, 0) is 12.1 Å². The zero-order chi connectivity index (χ0) is 7.52. The summed E-state index contributed by atoms with van der Waals surface area (Å²) in [6.07, 6.45) is 7.81. The molecule has 0 atom stereocenters. The minimum atomic E-state index is 1.05. The molecule has 1 radical (unpaired) electrons. The van der Waals surface area contributed by atoms with Gasteiger partial charge >= 0.3 is 0 Å². The van der Waals surface area contributed by atoms with Gasteiger partial charge in [-0.2, -0.15) is 0 Å². The molecular formula is C9H6NO. The average Bonchev–Trinajstić information content (AvgIpc) is 2.58. The Morgan fingerprint density at radius 1 is 1.27 bits per heavy atom. The average molecular weight is 144 g/mol. The maximum atomic E-state index is 4.93. The van der Waals surface area contributed by atoms with E-state index >= 15 is 0 Å². The van der Waals surface area contributed by atoms with Gasteiger partial charge in [-0.15, -0.1) is 0 Å². The van der Waals surface area contributed by atoms with Crippen LogP contribution in [0.25, 0.3) is 11.1 Å². The molecule has 0 bridgehead atoms. The van der Waals surface area contributed by atoms with Crippen LogP contribution in [0.4, 0.5) is 0 Å². The van der Waals surface area contributed by atoms with Gasteiger partial charge in [0.25, 0.3) is 0 Å². The molecular weight excluding hydrogens is 138 g/mol. The summed E-state index contributed by atoms with van der Waals surface area (Å²) in [5, 5.41) is 0. The molecule has 0 aliphatic carbocycles. The zero-order valence-corrected chi connectivity index (χ0v) is 5.82. The van der Waals surface area contributed by atoms with Crippen molar-refractivity contribution in [1.29, 1.82) is 0 Å². The fraction of sp³-hybridized carbons (Fsp3) is 0. The molecule has 2 rings (SSSR count). The number of furan rings is 1. The fourth-order valence-corrected chi connectivity index (χ4v) is 0.919. The molecule has 0 fully saturated rings. The summed E-state index contributed by atoms with van der Waals surface area (Å²) in [5.74, 6) is 0.